The molecule has 0 spiro atoms. The molecule has 0 radical (unpaired) electrons. The Morgan fingerprint density at radius 2 is 1.58 bits per heavy atom. The van der Waals surface area contributed by atoms with Crippen molar-refractivity contribution in [2.75, 3.05) is 34.0 Å². The van der Waals surface area contributed by atoms with Gasteiger partial charge in [0.2, 0.25) is 0 Å². The van der Waals surface area contributed by atoms with Crippen LogP contribution in [0, 0.1) is 6.92 Å². The lowest BCUT2D eigenvalue weighted by atomic mass is 9.92. The summed E-state index contributed by atoms with van der Waals surface area (Å²) >= 11 is 0. The van der Waals surface area contributed by atoms with Crippen molar-refractivity contribution in [2.24, 2.45) is 4.99 Å². The van der Waals surface area contributed by atoms with Crippen molar-refractivity contribution in [3.05, 3.63) is 113 Å². The Hall–Kier alpha value is -5.96. The summed E-state index contributed by atoms with van der Waals surface area (Å²) in [5.41, 5.74) is 5.97. The van der Waals surface area contributed by atoms with Crippen LogP contribution in [0.15, 0.2) is 96.0 Å². The number of allylic oxidation sites excluding steroid dienone is 1. The third kappa shape index (κ3) is 7.65. The van der Waals surface area contributed by atoms with E-state index >= 15 is 0 Å². The molecule has 9 heteroatoms. The number of carbonyl (C=O) groups is 2. The van der Waals surface area contributed by atoms with E-state index in [-0.39, 0.29) is 17.7 Å². The first-order chi connectivity index (χ1) is 25.9. The van der Waals surface area contributed by atoms with Crippen molar-refractivity contribution < 1.29 is 28.5 Å². The SMILES string of the molecule is COc1cc(/C=C/C(=O)c2c(C)nc3ccccc3c2-c2ccccc2)ccc1OCCCCCOc1cc2c(cc1OC)C(=O)N1CCC[C@H]1C=N2. The molecule has 0 N–H and O–H groups in total. The molecular formula is C44H43N3O6. The Kier molecular flexibility index (Phi) is 10.8. The molecular weight excluding hydrogens is 666 g/mol. The second-order valence-corrected chi connectivity index (χ2v) is 13.2. The van der Waals surface area contributed by atoms with Crippen molar-refractivity contribution >= 4 is 40.6 Å². The molecule has 0 saturated carbocycles. The fourth-order valence-electron chi connectivity index (χ4n) is 7.07. The Morgan fingerprint density at radius 3 is 2.38 bits per heavy atom. The number of unbranched alkanes of at least 4 members (excludes halogenated alkanes) is 2. The highest BCUT2D eigenvalue weighted by atomic mass is 16.5. The number of aliphatic imine (C=N–C) groups is 1. The van der Waals surface area contributed by atoms with E-state index in [9.17, 15) is 9.59 Å². The molecule has 270 valence electrons. The van der Waals surface area contributed by atoms with Gasteiger partial charge in [-0.2, -0.15) is 0 Å². The molecule has 7 rings (SSSR count). The summed E-state index contributed by atoms with van der Waals surface area (Å²) < 4.78 is 23.4. The number of aryl methyl sites for hydroxylation is 1. The lowest BCUT2D eigenvalue weighted by Gasteiger charge is -2.20. The van der Waals surface area contributed by atoms with Crippen LogP contribution in [0.2, 0.25) is 0 Å². The van der Waals surface area contributed by atoms with Crippen LogP contribution in [0.3, 0.4) is 0 Å². The number of amides is 1. The lowest BCUT2D eigenvalue weighted by molar-refractivity contribution is 0.0774. The predicted octanol–water partition coefficient (Wildman–Crippen LogP) is 9.07. The van der Waals surface area contributed by atoms with Gasteiger partial charge in [-0.1, -0.05) is 60.7 Å². The normalized spacial score (nSPS) is 15.0. The Balaban J connectivity index is 0.937. The molecule has 9 nitrogen and oxygen atoms in total. The number of rotatable bonds is 14. The molecule has 5 aromatic rings. The quantitative estimate of drug-likeness (QED) is 0.0645. The Morgan fingerprint density at radius 1 is 0.849 bits per heavy atom. The van der Waals surface area contributed by atoms with Gasteiger partial charge in [-0.05, 0) is 80.5 Å². The highest BCUT2D eigenvalue weighted by Crippen LogP contribution is 2.38. The predicted molar refractivity (Wildman–Crippen MR) is 208 cm³/mol. The number of para-hydroxylation sites is 1. The number of pyridine rings is 1. The summed E-state index contributed by atoms with van der Waals surface area (Å²) in [6.45, 7) is 3.64. The number of aromatic nitrogens is 1. The van der Waals surface area contributed by atoms with Gasteiger partial charge in [0.15, 0.2) is 28.8 Å². The van der Waals surface area contributed by atoms with Crippen molar-refractivity contribution in [3.8, 4) is 34.1 Å². The van der Waals surface area contributed by atoms with Crippen LogP contribution in [-0.4, -0.2) is 67.8 Å². The fraction of sp³-hybridized carbons (Fsp3) is 0.273. The molecule has 0 aliphatic carbocycles. The van der Waals surface area contributed by atoms with Crippen LogP contribution in [0.25, 0.3) is 28.1 Å². The van der Waals surface area contributed by atoms with Crippen molar-refractivity contribution in [2.45, 2.75) is 45.1 Å². The minimum Gasteiger partial charge on any atom is -0.493 e. The standard InChI is InChI=1S/C44H43N3O6/c1-29-42(43(31-13-6-4-7-14-31)33-16-8-9-17-35(33)46-29)37(48)20-18-30-19-21-38(39(25-30)50-2)52-23-10-5-11-24-53-41-27-36-34(26-40(41)51-3)44(49)47-22-12-15-32(47)28-45-36/h4,6-9,13-14,16-21,25-28,32H,5,10-12,15,22-24H2,1-3H3/b20-18+/t32-/m0/s1. The van der Waals surface area contributed by atoms with Gasteiger partial charge in [0.25, 0.3) is 5.91 Å². The van der Waals surface area contributed by atoms with E-state index in [1.54, 1.807) is 38.5 Å². The van der Waals surface area contributed by atoms with Gasteiger partial charge in [-0.25, -0.2) is 0 Å². The first kappa shape index (κ1) is 35.4. The summed E-state index contributed by atoms with van der Waals surface area (Å²) in [4.78, 5) is 38.1. The van der Waals surface area contributed by atoms with Crippen LogP contribution in [0.4, 0.5) is 5.69 Å². The first-order valence-electron chi connectivity index (χ1n) is 18.1. The summed E-state index contributed by atoms with van der Waals surface area (Å²) in [5, 5.41) is 0.941. The molecule has 53 heavy (non-hydrogen) atoms. The van der Waals surface area contributed by atoms with Crippen LogP contribution in [-0.2, 0) is 0 Å². The van der Waals surface area contributed by atoms with Gasteiger partial charge in [0.05, 0.1) is 55.8 Å². The molecule has 1 saturated heterocycles. The van der Waals surface area contributed by atoms with E-state index in [0.29, 0.717) is 58.7 Å². The smallest absolute Gasteiger partial charge is 0.256 e. The van der Waals surface area contributed by atoms with Crippen molar-refractivity contribution in [1.29, 1.82) is 0 Å². The summed E-state index contributed by atoms with van der Waals surface area (Å²) in [7, 11) is 3.19. The number of methoxy groups -OCH3 is 2. The lowest BCUT2D eigenvalue weighted by Crippen LogP contribution is -2.35. The zero-order chi connectivity index (χ0) is 36.7. The third-order valence-corrected chi connectivity index (χ3v) is 9.76. The average molecular weight is 710 g/mol. The van der Waals surface area contributed by atoms with Gasteiger partial charge in [-0.3, -0.25) is 19.6 Å². The second-order valence-electron chi connectivity index (χ2n) is 13.2. The largest absolute Gasteiger partial charge is 0.493 e. The maximum Gasteiger partial charge on any atom is 0.256 e. The van der Waals surface area contributed by atoms with Crippen molar-refractivity contribution in [3.63, 3.8) is 0 Å². The minimum absolute atomic E-state index is 0.00914. The minimum atomic E-state index is -0.118. The van der Waals surface area contributed by atoms with Crippen LogP contribution < -0.4 is 18.9 Å². The number of hydrogen-bond donors (Lipinski definition) is 0. The Bertz CT molecular complexity index is 2200. The number of hydrogen-bond acceptors (Lipinski definition) is 8. The Labute approximate surface area is 309 Å². The van der Waals surface area contributed by atoms with Gasteiger partial charge >= 0.3 is 0 Å². The molecule has 2 aliphatic rings. The maximum atomic E-state index is 13.8. The summed E-state index contributed by atoms with van der Waals surface area (Å²) in [6, 6.07) is 27.1. The van der Waals surface area contributed by atoms with Crippen LogP contribution in [0.1, 0.15) is 64.1 Å². The van der Waals surface area contributed by atoms with E-state index in [4.69, 9.17) is 23.9 Å². The monoisotopic (exact) mass is 709 g/mol. The van der Waals surface area contributed by atoms with Crippen LogP contribution in [0.5, 0.6) is 23.0 Å². The van der Waals surface area contributed by atoms with Gasteiger partial charge in [-0.15, -0.1) is 0 Å². The highest BCUT2D eigenvalue weighted by molar-refractivity contribution is 6.16. The number of ketones is 1. The second kappa shape index (κ2) is 16.2. The zero-order valence-corrected chi connectivity index (χ0v) is 30.3. The zero-order valence-electron chi connectivity index (χ0n) is 30.3. The van der Waals surface area contributed by atoms with Gasteiger partial charge in [0.1, 0.15) is 0 Å². The van der Waals surface area contributed by atoms with E-state index in [1.807, 2.05) is 90.8 Å². The number of ether oxygens (including phenoxy) is 4. The highest BCUT2D eigenvalue weighted by Gasteiger charge is 2.32. The molecule has 1 amide bonds. The molecule has 1 atom stereocenters. The number of benzene rings is 4. The van der Waals surface area contributed by atoms with E-state index < -0.39 is 0 Å². The fourth-order valence-corrected chi connectivity index (χ4v) is 7.07. The number of nitrogens with zero attached hydrogens (tertiary/aromatic N) is 3. The molecule has 1 fully saturated rings. The third-order valence-electron chi connectivity index (χ3n) is 9.76. The van der Waals surface area contributed by atoms with Crippen LogP contribution >= 0.6 is 0 Å². The number of carbonyl (C=O) groups excluding carboxylic acids is 2. The first-order valence-corrected chi connectivity index (χ1v) is 18.1. The molecule has 2 aliphatic heterocycles. The summed E-state index contributed by atoms with van der Waals surface area (Å²) in [5.74, 6) is 2.21. The topological polar surface area (TPSA) is 99.6 Å². The molecule has 1 aromatic heterocycles. The van der Waals surface area contributed by atoms with Gasteiger partial charge < -0.3 is 23.8 Å². The van der Waals surface area contributed by atoms with Crippen molar-refractivity contribution in [1.82, 2.24) is 9.88 Å². The molecule has 3 heterocycles. The van der Waals surface area contributed by atoms with E-state index in [0.717, 1.165) is 66.2 Å². The van der Waals surface area contributed by atoms with E-state index in [2.05, 4.69) is 4.99 Å². The summed E-state index contributed by atoms with van der Waals surface area (Å²) in [6.07, 6.45) is 9.72. The van der Waals surface area contributed by atoms with Gasteiger partial charge in [0, 0.05) is 35.5 Å². The number of fused-ring (bicyclic) bond motifs is 3. The average Bonchev–Trinajstić information content (AvgIpc) is 3.62. The van der Waals surface area contributed by atoms with E-state index in [1.165, 1.54) is 0 Å². The molecule has 0 unspecified atom stereocenters. The molecule has 4 aromatic carbocycles. The molecule has 0 bridgehead atoms. The maximum absolute atomic E-state index is 13.8.